The van der Waals surface area contributed by atoms with Gasteiger partial charge in [0.1, 0.15) is 13.2 Å². The van der Waals surface area contributed by atoms with Crippen LogP contribution in [0.15, 0.2) is 134 Å². The van der Waals surface area contributed by atoms with Crippen molar-refractivity contribution >= 4 is 17.9 Å². The van der Waals surface area contributed by atoms with Crippen molar-refractivity contribution in [3.05, 3.63) is 134 Å². The van der Waals surface area contributed by atoms with Crippen LogP contribution in [0.5, 0.6) is 0 Å². The molecule has 0 aromatic heterocycles. The number of hydrogen-bond donors (Lipinski definition) is 0. The SMILES string of the molecule is CC/C=C\C/C=C\C/C=C\C/C=C\C/C=C\C/C=C\C/C=C\C/C=C\C/C=C\CCCCCCCC(=O)OCC(COC(=O)CCCCCCCCCCCCCC)OC(=O)CCCCCCC/C=C\C/C=C\CCC. The predicted molar refractivity (Wildman–Crippen MR) is 329 cm³/mol. The molecule has 0 rings (SSSR count). The molecule has 0 N–H and O–H groups in total. The lowest BCUT2D eigenvalue weighted by molar-refractivity contribution is -0.167. The third kappa shape index (κ3) is 60.4. The maximum absolute atomic E-state index is 12.8. The summed E-state index contributed by atoms with van der Waals surface area (Å²) in [7, 11) is 0. The molecule has 1 atom stereocenters. The van der Waals surface area contributed by atoms with E-state index in [9.17, 15) is 14.4 Å². The van der Waals surface area contributed by atoms with Crippen molar-refractivity contribution in [1.29, 1.82) is 0 Å². The molecule has 1 unspecified atom stereocenters. The van der Waals surface area contributed by atoms with E-state index in [4.69, 9.17) is 14.2 Å². The highest BCUT2D eigenvalue weighted by Crippen LogP contribution is 2.15. The first kappa shape index (κ1) is 71.5. The van der Waals surface area contributed by atoms with Crippen molar-refractivity contribution in [3.8, 4) is 0 Å². The maximum Gasteiger partial charge on any atom is 0.306 e. The molecule has 0 heterocycles. The summed E-state index contributed by atoms with van der Waals surface area (Å²) in [6.45, 7) is 6.43. The second kappa shape index (κ2) is 63.1. The molecular formula is C70H114O6. The lowest BCUT2D eigenvalue weighted by atomic mass is 10.0. The fraction of sp³-hybridized carbons (Fsp3) is 0.643. The van der Waals surface area contributed by atoms with Crippen molar-refractivity contribution in [2.24, 2.45) is 0 Å². The minimum Gasteiger partial charge on any atom is -0.462 e. The number of hydrogen-bond acceptors (Lipinski definition) is 6. The van der Waals surface area contributed by atoms with Gasteiger partial charge in [-0.25, -0.2) is 0 Å². The molecule has 0 aromatic carbocycles. The molecule has 0 saturated carbocycles. The third-order valence-corrected chi connectivity index (χ3v) is 12.9. The first-order valence-electron chi connectivity index (χ1n) is 31.2. The summed E-state index contributed by atoms with van der Waals surface area (Å²) >= 11 is 0. The van der Waals surface area contributed by atoms with Crippen molar-refractivity contribution in [1.82, 2.24) is 0 Å². The summed E-state index contributed by atoms with van der Waals surface area (Å²) in [4.78, 5) is 38.1. The van der Waals surface area contributed by atoms with E-state index in [1.807, 2.05) is 0 Å². The zero-order valence-corrected chi connectivity index (χ0v) is 49.2. The van der Waals surface area contributed by atoms with Crippen LogP contribution in [0.1, 0.15) is 271 Å². The van der Waals surface area contributed by atoms with Crippen LogP contribution < -0.4 is 0 Å². The number of unbranched alkanes of at least 4 members (excludes halogenated alkanes) is 22. The Morgan fingerprint density at radius 1 is 0.276 bits per heavy atom. The Labute approximate surface area is 468 Å². The van der Waals surface area contributed by atoms with Gasteiger partial charge in [0.15, 0.2) is 6.10 Å². The van der Waals surface area contributed by atoms with Crippen molar-refractivity contribution < 1.29 is 28.6 Å². The third-order valence-electron chi connectivity index (χ3n) is 12.9. The number of rotatable bonds is 55. The Bertz CT molecular complexity index is 1630. The van der Waals surface area contributed by atoms with Crippen LogP contribution in [-0.2, 0) is 28.6 Å². The molecule has 0 aliphatic heterocycles. The summed E-state index contributed by atoms with van der Waals surface area (Å²) < 4.78 is 16.8. The summed E-state index contributed by atoms with van der Waals surface area (Å²) in [6, 6.07) is 0. The van der Waals surface area contributed by atoms with Crippen LogP contribution in [-0.4, -0.2) is 37.2 Å². The van der Waals surface area contributed by atoms with Gasteiger partial charge in [0, 0.05) is 19.3 Å². The Hall–Kier alpha value is -4.45. The molecule has 0 radical (unpaired) electrons. The van der Waals surface area contributed by atoms with Crippen LogP contribution in [0.3, 0.4) is 0 Å². The Morgan fingerprint density at radius 2 is 0.539 bits per heavy atom. The van der Waals surface area contributed by atoms with Crippen LogP contribution in [0.2, 0.25) is 0 Å². The second-order valence-electron chi connectivity index (χ2n) is 20.2. The van der Waals surface area contributed by atoms with Crippen molar-refractivity contribution in [2.75, 3.05) is 13.2 Å². The smallest absolute Gasteiger partial charge is 0.306 e. The first-order valence-corrected chi connectivity index (χ1v) is 31.2. The molecule has 0 aromatic rings. The van der Waals surface area contributed by atoms with Gasteiger partial charge in [-0.3, -0.25) is 14.4 Å². The van der Waals surface area contributed by atoms with E-state index < -0.39 is 6.10 Å². The normalized spacial score (nSPS) is 13.0. The molecule has 430 valence electrons. The first-order chi connectivity index (χ1) is 37.5. The highest BCUT2D eigenvalue weighted by molar-refractivity contribution is 5.71. The molecular weight excluding hydrogens is 937 g/mol. The number of allylic oxidation sites excluding steroid dienone is 22. The molecule has 0 amide bonds. The van der Waals surface area contributed by atoms with Gasteiger partial charge in [0.05, 0.1) is 0 Å². The highest BCUT2D eigenvalue weighted by atomic mass is 16.6. The van der Waals surface area contributed by atoms with Gasteiger partial charge < -0.3 is 14.2 Å². The zero-order chi connectivity index (χ0) is 55.0. The van der Waals surface area contributed by atoms with Crippen LogP contribution >= 0.6 is 0 Å². The fourth-order valence-corrected chi connectivity index (χ4v) is 8.24. The summed E-state index contributed by atoms with van der Waals surface area (Å²) in [5.74, 6) is -0.926. The number of carbonyl (C=O) groups excluding carboxylic acids is 3. The number of ether oxygens (including phenoxy) is 3. The second-order valence-corrected chi connectivity index (χ2v) is 20.2. The van der Waals surface area contributed by atoms with Gasteiger partial charge in [-0.05, 0) is 116 Å². The Kier molecular flexibility index (Phi) is 59.4. The van der Waals surface area contributed by atoms with Gasteiger partial charge in [-0.2, -0.15) is 0 Å². The summed E-state index contributed by atoms with van der Waals surface area (Å²) in [5, 5.41) is 0. The highest BCUT2D eigenvalue weighted by Gasteiger charge is 2.19. The average molecular weight is 1050 g/mol. The van der Waals surface area contributed by atoms with E-state index in [0.29, 0.717) is 19.3 Å². The average Bonchev–Trinajstić information content (AvgIpc) is 3.42. The van der Waals surface area contributed by atoms with Gasteiger partial charge in [-0.1, -0.05) is 270 Å². The molecule has 0 saturated heterocycles. The fourth-order valence-electron chi connectivity index (χ4n) is 8.24. The summed E-state index contributed by atoms with van der Waals surface area (Å²) in [5.41, 5.74) is 0. The molecule has 6 heteroatoms. The molecule has 6 nitrogen and oxygen atoms in total. The van der Waals surface area contributed by atoms with E-state index in [-0.39, 0.29) is 31.1 Å². The lowest BCUT2D eigenvalue weighted by Gasteiger charge is -2.18. The molecule has 76 heavy (non-hydrogen) atoms. The zero-order valence-electron chi connectivity index (χ0n) is 49.2. The van der Waals surface area contributed by atoms with Crippen molar-refractivity contribution in [3.63, 3.8) is 0 Å². The molecule has 0 spiro atoms. The van der Waals surface area contributed by atoms with Gasteiger partial charge >= 0.3 is 17.9 Å². The van der Waals surface area contributed by atoms with Gasteiger partial charge in [0.25, 0.3) is 0 Å². The number of carbonyl (C=O) groups is 3. The van der Waals surface area contributed by atoms with Crippen molar-refractivity contribution in [2.45, 2.75) is 277 Å². The Morgan fingerprint density at radius 3 is 0.855 bits per heavy atom. The lowest BCUT2D eigenvalue weighted by Crippen LogP contribution is -2.30. The van der Waals surface area contributed by atoms with Crippen LogP contribution in [0.25, 0.3) is 0 Å². The minimum atomic E-state index is -0.795. The minimum absolute atomic E-state index is 0.0909. The standard InChI is InChI=1S/C70H114O6/c1-4-7-10-13-16-19-22-25-26-27-28-29-30-31-32-33-34-35-36-37-38-39-40-41-42-43-44-46-48-51-54-57-60-63-69(72)75-66-67(65-74-68(71)62-59-56-53-50-47-24-21-18-15-12-9-6-3)76-70(73)64-61-58-55-52-49-45-23-20-17-14-11-8-5-2/h7,10-11,14,16,19-20,23,25-26,28-29,31-32,34-35,37-38,40-41,43-44,67H,4-6,8-9,12-13,15,17-18,21-22,24,27,30,33,36,39,42,45-66H2,1-3H3/b10-7-,14-11-,19-16-,23-20-,26-25-,29-28-,32-31-,35-34-,38-37-,41-40-,44-43-. The van der Waals surface area contributed by atoms with E-state index in [0.717, 1.165) is 167 Å². The largest absolute Gasteiger partial charge is 0.462 e. The predicted octanol–water partition coefficient (Wildman–Crippen LogP) is 21.4. The summed E-state index contributed by atoms with van der Waals surface area (Å²) in [6.07, 6.45) is 88.9. The van der Waals surface area contributed by atoms with E-state index in [1.54, 1.807) is 0 Å². The van der Waals surface area contributed by atoms with E-state index in [2.05, 4.69) is 154 Å². The molecule has 0 aliphatic rings. The maximum atomic E-state index is 12.8. The quantitative estimate of drug-likeness (QED) is 0.0261. The van der Waals surface area contributed by atoms with E-state index in [1.165, 1.54) is 64.2 Å². The van der Waals surface area contributed by atoms with Gasteiger partial charge in [0.2, 0.25) is 0 Å². The number of esters is 3. The van der Waals surface area contributed by atoms with Crippen LogP contribution in [0, 0.1) is 0 Å². The molecule has 0 bridgehead atoms. The van der Waals surface area contributed by atoms with Gasteiger partial charge in [-0.15, -0.1) is 0 Å². The topological polar surface area (TPSA) is 78.9 Å². The molecule has 0 aliphatic carbocycles. The Balaban J connectivity index is 4.28. The monoisotopic (exact) mass is 1050 g/mol. The van der Waals surface area contributed by atoms with E-state index >= 15 is 0 Å². The van der Waals surface area contributed by atoms with Crippen LogP contribution in [0.4, 0.5) is 0 Å². The molecule has 0 fully saturated rings.